The Balaban J connectivity index is 1.22. The monoisotopic (exact) mass is 1090 g/mol. The molecule has 0 spiro atoms. The van der Waals surface area contributed by atoms with Crippen LogP contribution in [0.4, 0.5) is 13.2 Å². The minimum atomic E-state index is -4.65. The van der Waals surface area contributed by atoms with E-state index < -0.39 is 17.7 Å². The second-order valence-corrected chi connectivity index (χ2v) is 21.1. The van der Waals surface area contributed by atoms with Gasteiger partial charge >= 0.3 is 6.18 Å². The van der Waals surface area contributed by atoms with Gasteiger partial charge in [0.1, 0.15) is 6.07 Å². The number of aromatic nitrogens is 2. The average molecular weight is 1090 g/mol. The molecule has 1 aliphatic carbocycles. The molecular weight excluding hydrogens is 1040 g/mol. The van der Waals surface area contributed by atoms with Gasteiger partial charge in [0.15, 0.2) is 0 Å². The zero-order valence-corrected chi connectivity index (χ0v) is 45.0. The second-order valence-electron chi connectivity index (χ2n) is 21.1. The summed E-state index contributed by atoms with van der Waals surface area (Å²) < 4.78 is 49.3. The van der Waals surface area contributed by atoms with Gasteiger partial charge in [0.05, 0.1) is 62.3 Å². The van der Waals surface area contributed by atoms with Crippen molar-refractivity contribution < 1.29 is 13.2 Å². The van der Waals surface area contributed by atoms with Crippen LogP contribution in [-0.4, -0.2) is 9.13 Å². The Morgan fingerprint density at radius 3 is 1.12 bits per heavy atom. The van der Waals surface area contributed by atoms with Crippen molar-refractivity contribution in [2.75, 3.05) is 0 Å². The van der Waals surface area contributed by atoms with Crippen molar-refractivity contribution >= 4 is 43.6 Å². The lowest BCUT2D eigenvalue weighted by atomic mass is 9.79. The maximum absolute atomic E-state index is 15.0. The highest BCUT2D eigenvalue weighted by atomic mass is 19.4. The zero-order valence-electron chi connectivity index (χ0n) is 45.0. The highest BCUT2D eigenvalue weighted by molar-refractivity contribution is 6.16. The van der Waals surface area contributed by atoms with Crippen LogP contribution in [0.2, 0.25) is 0 Å². The van der Waals surface area contributed by atoms with E-state index in [2.05, 4.69) is 149 Å². The molecule has 2 aromatic heterocycles. The van der Waals surface area contributed by atoms with Crippen LogP contribution in [0, 0.1) is 34.0 Å². The van der Waals surface area contributed by atoms with Crippen molar-refractivity contribution in [2.24, 2.45) is 0 Å². The van der Waals surface area contributed by atoms with Gasteiger partial charge in [-0.05, 0) is 141 Å². The van der Waals surface area contributed by atoms with Crippen molar-refractivity contribution in [3.05, 3.63) is 289 Å². The molecule has 14 rings (SSSR count). The molecule has 0 radical (unpaired) electrons. The number of allylic oxidation sites excluding steroid dienone is 4. The third-order valence-corrected chi connectivity index (χ3v) is 16.4. The number of hydrogen-bond donors (Lipinski definition) is 0. The third-order valence-electron chi connectivity index (χ3n) is 16.4. The minimum Gasteiger partial charge on any atom is -0.308 e. The van der Waals surface area contributed by atoms with E-state index in [0.717, 1.165) is 100 Å². The van der Waals surface area contributed by atoms with Gasteiger partial charge in [-0.1, -0.05) is 182 Å². The maximum atomic E-state index is 15.0. The SMILES string of the molecule is N#CC1=CCC(c2c(C#N)c(-c3ccc(C#N)cc3)c(-n3c4ccc(-c5ccccc5)cc4c4cc(-c5ccccc5)ccc43)c(-c3ccc(C(F)(F)F)cc3)c2-n2c3ccc(-c4ccccc4)cc3c3cc(-c4ccccc4)ccc32)C=C1. The highest BCUT2D eigenvalue weighted by Crippen LogP contribution is 2.53. The topological polar surface area (TPSA) is 81.2 Å². The van der Waals surface area contributed by atoms with Gasteiger partial charge in [0.25, 0.3) is 0 Å². The van der Waals surface area contributed by atoms with E-state index in [1.54, 1.807) is 30.3 Å². The van der Waals surface area contributed by atoms with Crippen LogP contribution in [-0.2, 0) is 6.18 Å². The molecule has 11 aromatic carbocycles. The fourth-order valence-electron chi connectivity index (χ4n) is 12.5. The number of nitrogens with zero attached hydrogens (tertiary/aromatic N) is 5. The van der Waals surface area contributed by atoms with Gasteiger partial charge in [-0.15, -0.1) is 0 Å². The van der Waals surface area contributed by atoms with Gasteiger partial charge in [-0.3, -0.25) is 0 Å². The molecule has 0 bridgehead atoms. The Morgan fingerprint density at radius 1 is 0.381 bits per heavy atom. The Labute approximate surface area is 482 Å². The van der Waals surface area contributed by atoms with Crippen molar-refractivity contribution in [3.63, 3.8) is 0 Å². The van der Waals surface area contributed by atoms with Crippen LogP contribution in [0.25, 0.3) is 122 Å². The van der Waals surface area contributed by atoms with Gasteiger partial charge in [-0.2, -0.15) is 29.0 Å². The fourth-order valence-corrected chi connectivity index (χ4v) is 12.5. The normalized spacial score (nSPS) is 13.2. The second kappa shape index (κ2) is 20.7. The van der Waals surface area contributed by atoms with Gasteiger partial charge in [0.2, 0.25) is 0 Å². The van der Waals surface area contributed by atoms with E-state index >= 15 is 0 Å². The maximum Gasteiger partial charge on any atom is 0.416 e. The summed E-state index contributed by atoms with van der Waals surface area (Å²) >= 11 is 0. The lowest BCUT2D eigenvalue weighted by Crippen LogP contribution is -2.15. The van der Waals surface area contributed by atoms with E-state index in [4.69, 9.17) is 0 Å². The van der Waals surface area contributed by atoms with Crippen LogP contribution in [0.5, 0.6) is 0 Å². The van der Waals surface area contributed by atoms with E-state index in [9.17, 15) is 29.0 Å². The number of benzene rings is 11. The summed E-state index contributed by atoms with van der Waals surface area (Å²) in [5.74, 6) is -0.522. The van der Waals surface area contributed by atoms with E-state index in [0.29, 0.717) is 62.3 Å². The van der Waals surface area contributed by atoms with E-state index in [-0.39, 0.29) is 0 Å². The highest BCUT2D eigenvalue weighted by Gasteiger charge is 2.36. The molecule has 1 aliphatic rings. The van der Waals surface area contributed by atoms with E-state index in [1.165, 1.54) is 0 Å². The summed E-state index contributed by atoms with van der Waals surface area (Å²) in [5, 5.41) is 36.6. The predicted octanol–water partition coefficient (Wildman–Crippen LogP) is 20.1. The Kier molecular flexibility index (Phi) is 12.6. The van der Waals surface area contributed by atoms with Crippen molar-refractivity contribution in [3.8, 4) is 96.3 Å². The largest absolute Gasteiger partial charge is 0.416 e. The zero-order chi connectivity index (χ0) is 57.1. The molecule has 13 aromatic rings. The Bertz CT molecular complexity index is 4760. The molecule has 0 aliphatic heterocycles. The first-order valence-corrected chi connectivity index (χ1v) is 27.7. The summed E-state index contributed by atoms with van der Waals surface area (Å²) in [6, 6.07) is 86.3. The molecule has 1 unspecified atom stereocenters. The summed E-state index contributed by atoms with van der Waals surface area (Å²) in [5.41, 5.74) is 15.6. The quantitative estimate of drug-likeness (QED) is 0.144. The number of rotatable bonds is 9. The minimum absolute atomic E-state index is 0.331. The fraction of sp³-hybridized carbons (Fsp3) is 0.0395. The van der Waals surface area contributed by atoms with Crippen molar-refractivity contribution in [1.82, 2.24) is 9.13 Å². The van der Waals surface area contributed by atoms with Gasteiger partial charge < -0.3 is 9.13 Å². The Morgan fingerprint density at radius 2 is 0.762 bits per heavy atom. The molecule has 0 fully saturated rings. The first-order valence-electron chi connectivity index (χ1n) is 27.7. The summed E-state index contributed by atoms with van der Waals surface area (Å²) in [7, 11) is 0. The third kappa shape index (κ3) is 8.72. The molecule has 1 atom stereocenters. The number of halogens is 3. The van der Waals surface area contributed by atoms with Crippen molar-refractivity contribution in [1.29, 1.82) is 15.8 Å². The summed E-state index contributed by atoms with van der Waals surface area (Å²) in [6.07, 6.45) is 1.34. The molecule has 0 saturated heterocycles. The molecule has 0 saturated carbocycles. The Hall–Kier alpha value is -11.2. The molecule has 8 heteroatoms. The van der Waals surface area contributed by atoms with Gasteiger partial charge in [0, 0.05) is 49.7 Å². The number of nitriles is 3. The molecule has 0 N–H and O–H groups in total. The molecule has 84 heavy (non-hydrogen) atoms. The van der Waals surface area contributed by atoms with Crippen LogP contribution in [0.3, 0.4) is 0 Å². The number of hydrogen-bond acceptors (Lipinski definition) is 3. The van der Waals surface area contributed by atoms with Crippen LogP contribution >= 0.6 is 0 Å². The predicted molar refractivity (Wildman–Crippen MR) is 332 cm³/mol. The smallest absolute Gasteiger partial charge is 0.308 e. The molecular formula is C76H46F3N5. The van der Waals surface area contributed by atoms with Crippen LogP contribution < -0.4 is 0 Å². The average Bonchev–Trinajstić information content (AvgIpc) is 2.02. The lowest BCUT2D eigenvalue weighted by Gasteiger charge is -2.30. The molecule has 396 valence electrons. The van der Waals surface area contributed by atoms with Crippen molar-refractivity contribution in [2.45, 2.75) is 18.5 Å². The number of fused-ring (bicyclic) bond motifs is 6. The molecule has 2 heterocycles. The van der Waals surface area contributed by atoms with Crippen LogP contribution in [0.1, 0.15) is 34.6 Å². The first kappa shape index (κ1) is 50.9. The molecule has 0 amide bonds. The summed E-state index contributed by atoms with van der Waals surface area (Å²) in [4.78, 5) is 0. The van der Waals surface area contributed by atoms with Crippen LogP contribution in [0.15, 0.2) is 266 Å². The van der Waals surface area contributed by atoms with E-state index in [1.807, 2.05) is 97.1 Å². The lowest BCUT2D eigenvalue weighted by molar-refractivity contribution is -0.137. The standard InChI is InChI=1S/C76H46F3N5/c77-76(78,79)61-35-29-56(30-36-61)73-74(83-67-37-31-57(50-13-5-1-6-14-50)41-62(67)63-42-58(32-38-68(63)83)51-15-7-2-8-16-51)71(54-25-21-48(45-80)22-26-54)66(47-82)72(55-27-23-49(46-81)24-28-55)75(73)84-69-39-33-59(52-17-9-3-10-18-52)43-64(69)65-44-60(34-40-70(65)84)53-19-11-4-12-20-53/h1-27,29-44,55H,28H2. The summed E-state index contributed by atoms with van der Waals surface area (Å²) in [6.45, 7) is 0. The first-order chi connectivity index (χ1) is 41.2. The number of alkyl halides is 3. The van der Waals surface area contributed by atoms with Gasteiger partial charge in [-0.25, -0.2) is 0 Å². The molecule has 5 nitrogen and oxygen atoms in total.